The molecule has 2 aliphatic rings. The van der Waals surface area contributed by atoms with Gasteiger partial charge >= 0.3 is 0 Å². The van der Waals surface area contributed by atoms with E-state index in [2.05, 4.69) is 19.2 Å². The Hall–Kier alpha value is -0.0400. The molecule has 1 spiro atoms. The van der Waals surface area contributed by atoms with Crippen LogP contribution in [-0.4, -0.2) is 13.1 Å². The Morgan fingerprint density at radius 1 is 1.21 bits per heavy atom. The molecule has 2 atom stereocenters. The summed E-state index contributed by atoms with van der Waals surface area (Å²) < 4.78 is 0. The van der Waals surface area contributed by atoms with Crippen molar-refractivity contribution in [1.82, 2.24) is 5.32 Å². The minimum absolute atomic E-state index is 0.700. The second-order valence-corrected chi connectivity index (χ2v) is 5.88. The van der Waals surface area contributed by atoms with Crippen LogP contribution in [0.1, 0.15) is 52.4 Å². The molecule has 1 unspecified atom stereocenters. The third-order valence-corrected chi connectivity index (χ3v) is 4.49. The molecule has 0 aromatic rings. The van der Waals surface area contributed by atoms with Gasteiger partial charge < -0.3 is 5.32 Å². The van der Waals surface area contributed by atoms with E-state index in [1.165, 1.54) is 51.6 Å². The van der Waals surface area contributed by atoms with E-state index in [0.717, 1.165) is 11.8 Å². The second kappa shape index (κ2) is 4.22. The molecule has 14 heavy (non-hydrogen) atoms. The molecule has 1 aliphatic carbocycles. The first-order valence-corrected chi connectivity index (χ1v) is 6.43. The number of rotatable bonds is 1. The lowest BCUT2D eigenvalue weighted by atomic mass is 9.80. The van der Waals surface area contributed by atoms with E-state index in [-0.39, 0.29) is 0 Å². The molecule has 2 rings (SSSR count). The zero-order chi connectivity index (χ0) is 10.0. The molecule has 82 valence electrons. The normalized spacial score (nSPS) is 39.2. The van der Waals surface area contributed by atoms with Crippen molar-refractivity contribution in [3.63, 3.8) is 0 Å². The zero-order valence-electron chi connectivity index (χ0n) is 9.81. The van der Waals surface area contributed by atoms with Crippen LogP contribution in [0.4, 0.5) is 0 Å². The summed E-state index contributed by atoms with van der Waals surface area (Å²) in [6, 6.07) is 0. The topological polar surface area (TPSA) is 12.0 Å². The van der Waals surface area contributed by atoms with Crippen LogP contribution in [0, 0.1) is 17.3 Å². The first-order valence-electron chi connectivity index (χ1n) is 6.43. The molecule has 0 aromatic carbocycles. The smallest absolute Gasteiger partial charge is 0.000791 e. The van der Waals surface area contributed by atoms with Gasteiger partial charge in [-0.25, -0.2) is 0 Å². The molecule has 1 saturated heterocycles. The Bertz CT molecular complexity index is 178. The number of hydrogen-bond donors (Lipinski definition) is 1. The van der Waals surface area contributed by atoms with Crippen molar-refractivity contribution >= 4 is 0 Å². The van der Waals surface area contributed by atoms with Crippen LogP contribution in [-0.2, 0) is 0 Å². The highest BCUT2D eigenvalue weighted by Crippen LogP contribution is 2.47. The first kappa shape index (κ1) is 10.5. The maximum atomic E-state index is 3.64. The van der Waals surface area contributed by atoms with Gasteiger partial charge in [-0.05, 0) is 55.9 Å². The molecule has 1 aliphatic heterocycles. The average molecular weight is 195 g/mol. The monoisotopic (exact) mass is 195 g/mol. The molecule has 0 bridgehead atoms. The number of nitrogens with one attached hydrogen (secondary N) is 1. The fourth-order valence-corrected chi connectivity index (χ4v) is 3.40. The Morgan fingerprint density at radius 3 is 2.79 bits per heavy atom. The van der Waals surface area contributed by atoms with Crippen LogP contribution in [0.5, 0.6) is 0 Å². The van der Waals surface area contributed by atoms with Crippen LogP contribution in [0.25, 0.3) is 0 Å². The predicted octanol–water partition coefficient (Wildman–Crippen LogP) is 3.20. The fourth-order valence-electron chi connectivity index (χ4n) is 3.40. The van der Waals surface area contributed by atoms with E-state index in [0.29, 0.717) is 5.41 Å². The summed E-state index contributed by atoms with van der Waals surface area (Å²) in [5.41, 5.74) is 0.700. The summed E-state index contributed by atoms with van der Waals surface area (Å²) in [7, 11) is 0. The van der Waals surface area contributed by atoms with E-state index in [4.69, 9.17) is 0 Å². The van der Waals surface area contributed by atoms with Crippen LogP contribution in [0.2, 0.25) is 0 Å². The minimum Gasteiger partial charge on any atom is -0.316 e. The van der Waals surface area contributed by atoms with E-state index in [9.17, 15) is 0 Å². The minimum atomic E-state index is 0.700. The van der Waals surface area contributed by atoms with Crippen molar-refractivity contribution in [2.45, 2.75) is 52.4 Å². The Balaban J connectivity index is 1.96. The molecule has 0 aromatic heterocycles. The molecule has 0 radical (unpaired) electrons. The maximum Gasteiger partial charge on any atom is 0.000791 e. The van der Waals surface area contributed by atoms with Crippen LogP contribution in [0.3, 0.4) is 0 Å². The van der Waals surface area contributed by atoms with Crippen molar-refractivity contribution in [2.24, 2.45) is 17.3 Å². The van der Waals surface area contributed by atoms with Gasteiger partial charge in [-0.15, -0.1) is 0 Å². The lowest BCUT2D eigenvalue weighted by Crippen LogP contribution is -2.30. The van der Waals surface area contributed by atoms with Crippen LogP contribution < -0.4 is 5.32 Å². The summed E-state index contributed by atoms with van der Waals surface area (Å²) >= 11 is 0. The largest absolute Gasteiger partial charge is 0.316 e. The lowest BCUT2D eigenvalue weighted by molar-refractivity contribution is 0.247. The summed E-state index contributed by atoms with van der Waals surface area (Å²) in [5, 5.41) is 3.64. The number of hydrogen-bond acceptors (Lipinski definition) is 1. The SMILES string of the molecule is CC(C)C1CC[C@@]2(CCCCNC2)C1. The third-order valence-electron chi connectivity index (χ3n) is 4.49. The molecule has 1 saturated carbocycles. The van der Waals surface area contributed by atoms with Gasteiger partial charge in [-0.1, -0.05) is 20.3 Å². The van der Waals surface area contributed by atoms with Crippen LogP contribution >= 0.6 is 0 Å². The summed E-state index contributed by atoms with van der Waals surface area (Å²) in [6.07, 6.45) is 8.81. The highest BCUT2D eigenvalue weighted by atomic mass is 14.9. The molecule has 1 heterocycles. The molecule has 2 fully saturated rings. The van der Waals surface area contributed by atoms with E-state index in [1.54, 1.807) is 0 Å². The van der Waals surface area contributed by atoms with Gasteiger partial charge in [0, 0.05) is 6.54 Å². The summed E-state index contributed by atoms with van der Waals surface area (Å²) in [6.45, 7) is 7.35. The van der Waals surface area contributed by atoms with Crippen molar-refractivity contribution in [2.75, 3.05) is 13.1 Å². The lowest BCUT2D eigenvalue weighted by Gasteiger charge is -2.28. The van der Waals surface area contributed by atoms with Crippen molar-refractivity contribution in [1.29, 1.82) is 0 Å². The standard InChI is InChI=1S/C13H25N/c1-11(2)12-5-7-13(9-12)6-3-4-8-14-10-13/h11-12,14H,3-10H2,1-2H3/t12?,13-/m0/s1. The quantitative estimate of drug-likeness (QED) is 0.677. The van der Waals surface area contributed by atoms with Crippen molar-refractivity contribution in [3.05, 3.63) is 0 Å². The van der Waals surface area contributed by atoms with E-state index in [1.807, 2.05) is 0 Å². The third kappa shape index (κ3) is 2.13. The predicted molar refractivity (Wildman–Crippen MR) is 61.3 cm³/mol. The van der Waals surface area contributed by atoms with Gasteiger partial charge in [-0.2, -0.15) is 0 Å². The van der Waals surface area contributed by atoms with Gasteiger partial charge in [0.05, 0.1) is 0 Å². The second-order valence-electron chi connectivity index (χ2n) is 5.88. The van der Waals surface area contributed by atoms with E-state index < -0.39 is 0 Å². The fraction of sp³-hybridized carbons (Fsp3) is 1.00. The molecule has 1 nitrogen and oxygen atoms in total. The van der Waals surface area contributed by atoms with Gasteiger partial charge in [0.25, 0.3) is 0 Å². The molecule has 1 heteroatoms. The highest BCUT2D eigenvalue weighted by molar-refractivity contribution is 4.92. The Labute approximate surface area is 88.7 Å². The Morgan fingerprint density at radius 2 is 2.07 bits per heavy atom. The first-order chi connectivity index (χ1) is 6.72. The van der Waals surface area contributed by atoms with Gasteiger partial charge in [-0.3, -0.25) is 0 Å². The van der Waals surface area contributed by atoms with Crippen molar-refractivity contribution in [3.8, 4) is 0 Å². The maximum absolute atomic E-state index is 3.64. The molecule has 1 N–H and O–H groups in total. The van der Waals surface area contributed by atoms with Crippen molar-refractivity contribution < 1.29 is 0 Å². The Kier molecular flexibility index (Phi) is 3.16. The van der Waals surface area contributed by atoms with Gasteiger partial charge in [0.2, 0.25) is 0 Å². The van der Waals surface area contributed by atoms with Gasteiger partial charge in [0.1, 0.15) is 0 Å². The highest BCUT2D eigenvalue weighted by Gasteiger charge is 2.39. The molecular weight excluding hydrogens is 170 g/mol. The zero-order valence-corrected chi connectivity index (χ0v) is 9.81. The van der Waals surface area contributed by atoms with E-state index >= 15 is 0 Å². The van der Waals surface area contributed by atoms with Crippen LogP contribution in [0.15, 0.2) is 0 Å². The molecule has 0 amide bonds. The summed E-state index contributed by atoms with van der Waals surface area (Å²) in [5.74, 6) is 1.91. The molecular formula is C13H25N. The summed E-state index contributed by atoms with van der Waals surface area (Å²) in [4.78, 5) is 0. The van der Waals surface area contributed by atoms with Gasteiger partial charge in [0.15, 0.2) is 0 Å². The average Bonchev–Trinajstić information content (AvgIpc) is 2.41.